The number of carbonyl (C=O) groups is 3. The van der Waals surface area contributed by atoms with E-state index in [1.165, 1.54) is 4.90 Å². The first-order chi connectivity index (χ1) is 14.1. The highest BCUT2D eigenvalue weighted by Crippen LogP contribution is 2.33. The molecular formula is C22H22N2O5. The van der Waals surface area contributed by atoms with Crippen molar-refractivity contribution >= 4 is 23.3 Å². The van der Waals surface area contributed by atoms with Crippen LogP contribution in [0.25, 0.3) is 0 Å². The van der Waals surface area contributed by atoms with Crippen molar-refractivity contribution in [2.45, 2.75) is 12.8 Å². The molecule has 0 unspecified atom stereocenters. The molecule has 2 aromatic carbocycles. The van der Waals surface area contributed by atoms with E-state index in [4.69, 9.17) is 9.47 Å². The van der Waals surface area contributed by atoms with E-state index >= 15 is 0 Å². The highest BCUT2D eigenvalue weighted by molar-refractivity contribution is 6.04. The molecule has 0 radical (unpaired) electrons. The number of para-hydroxylation sites is 1. The largest absolute Gasteiger partial charge is 0.485 e. The van der Waals surface area contributed by atoms with E-state index in [0.717, 1.165) is 12.8 Å². The number of benzene rings is 2. The van der Waals surface area contributed by atoms with Crippen LogP contribution in [0, 0.1) is 5.92 Å². The number of ether oxygens (including phenoxy) is 2. The molecule has 29 heavy (non-hydrogen) atoms. The molecule has 2 amide bonds. The number of nitrogens with zero attached hydrogens (tertiary/aromatic N) is 1. The molecule has 1 saturated carbocycles. The smallest absolute Gasteiger partial charge is 0.265 e. The van der Waals surface area contributed by atoms with E-state index in [0.29, 0.717) is 35.2 Å². The van der Waals surface area contributed by atoms with Gasteiger partial charge in [0.1, 0.15) is 18.0 Å². The summed E-state index contributed by atoms with van der Waals surface area (Å²) in [6.07, 6.45) is 2.27. The fourth-order valence-corrected chi connectivity index (χ4v) is 3.08. The Morgan fingerprint density at radius 3 is 2.69 bits per heavy atom. The number of ketones is 1. The van der Waals surface area contributed by atoms with Crippen molar-refractivity contribution in [3.05, 3.63) is 54.1 Å². The predicted octanol–water partition coefficient (Wildman–Crippen LogP) is 2.20. The Bertz CT molecular complexity index is 924. The van der Waals surface area contributed by atoms with Crippen molar-refractivity contribution < 1.29 is 23.9 Å². The second kappa shape index (κ2) is 8.34. The van der Waals surface area contributed by atoms with E-state index < -0.39 is 0 Å². The van der Waals surface area contributed by atoms with Gasteiger partial charge in [-0.05, 0) is 49.1 Å². The molecule has 2 aliphatic rings. The maximum Gasteiger partial charge on any atom is 0.265 e. The van der Waals surface area contributed by atoms with Crippen LogP contribution in [0.1, 0.15) is 23.2 Å². The number of hydrogen-bond acceptors (Lipinski definition) is 5. The third kappa shape index (κ3) is 4.74. The first-order valence-electron chi connectivity index (χ1n) is 9.65. The lowest BCUT2D eigenvalue weighted by Gasteiger charge is -2.29. The average molecular weight is 394 g/mol. The Hall–Kier alpha value is -3.35. The van der Waals surface area contributed by atoms with E-state index in [1.807, 2.05) is 18.2 Å². The third-order valence-electron chi connectivity index (χ3n) is 4.92. The van der Waals surface area contributed by atoms with Crippen molar-refractivity contribution in [2.75, 3.05) is 31.2 Å². The molecule has 0 spiro atoms. The number of hydrogen-bond donors (Lipinski definition) is 1. The molecule has 2 aromatic rings. The van der Waals surface area contributed by atoms with Gasteiger partial charge >= 0.3 is 0 Å². The van der Waals surface area contributed by atoms with Crippen LogP contribution in [-0.2, 0) is 9.59 Å². The van der Waals surface area contributed by atoms with Crippen molar-refractivity contribution in [1.82, 2.24) is 5.32 Å². The Balaban J connectivity index is 1.45. The monoisotopic (exact) mass is 394 g/mol. The van der Waals surface area contributed by atoms with Gasteiger partial charge in [0.25, 0.3) is 5.91 Å². The van der Waals surface area contributed by atoms with Gasteiger partial charge in [-0.2, -0.15) is 0 Å². The lowest BCUT2D eigenvalue weighted by molar-refractivity contribution is -0.125. The van der Waals surface area contributed by atoms with Crippen molar-refractivity contribution in [1.29, 1.82) is 0 Å². The predicted molar refractivity (Wildman–Crippen MR) is 106 cm³/mol. The van der Waals surface area contributed by atoms with Crippen molar-refractivity contribution in [2.24, 2.45) is 5.92 Å². The molecule has 0 atom stereocenters. The van der Waals surface area contributed by atoms with Gasteiger partial charge in [-0.15, -0.1) is 0 Å². The van der Waals surface area contributed by atoms with Crippen LogP contribution in [0.15, 0.2) is 48.5 Å². The van der Waals surface area contributed by atoms with Gasteiger partial charge in [-0.1, -0.05) is 18.2 Å². The lowest BCUT2D eigenvalue weighted by atomic mass is 10.1. The Morgan fingerprint density at radius 2 is 1.93 bits per heavy atom. The number of anilines is 1. The quantitative estimate of drug-likeness (QED) is 0.694. The number of Topliss-reactive ketones (excluding diaryl/α,β-unsaturated/α-hetero) is 1. The molecule has 0 aromatic heterocycles. The van der Waals surface area contributed by atoms with E-state index in [-0.39, 0.29) is 37.4 Å². The molecule has 0 bridgehead atoms. The summed E-state index contributed by atoms with van der Waals surface area (Å²) in [5.41, 5.74) is 0.815. The summed E-state index contributed by atoms with van der Waals surface area (Å²) in [6, 6.07) is 13.9. The summed E-state index contributed by atoms with van der Waals surface area (Å²) in [5.74, 6) is 0.867. The van der Waals surface area contributed by atoms with Gasteiger partial charge in [0.05, 0.1) is 5.69 Å². The molecular weight excluding hydrogens is 372 g/mol. The summed E-state index contributed by atoms with van der Waals surface area (Å²) < 4.78 is 11.0. The summed E-state index contributed by atoms with van der Waals surface area (Å²) in [5, 5.41) is 2.86. The molecule has 7 heteroatoms. The summed E-state index contributed by atoms with van der Waals surface area (Å²) >= 11 is 0. The second-order valence-electron chi connectivity index (χ2n) is 7.22. The number of nitrogens with one attached hydrogen (secondary N) is 1. The molecule has 1 aliphatic heterocycles. The van der Waals surface area contributed by atoms with Gasteiger partial charge in [0, 0.05) is 12.1 Å². The summed E-state index contributed by atoms with van der Waals surface area (Å²) in [6.45, 7) is 0.284. The zero-order chi connectivity index (χ0) is 20.2. The third-order valence-corrected chi connectivity index (χ3v) is 4.92. The fraction of sp³-hybridized carbons (Fsp3) is 0.318. The summed E-state index contributed by atoms with van der Waals surface area (Å²) in [7, 11) is 0. The first-order valence-corrected chi connectivity index (χ1v) is 9.65. The topological polar surface area (TPSA) is 84.9 Å². The standard InChI is InChI=1S/C22H22N2O5/c25-19(13-28-17-4-2-1-3-5-17)16-8-9-20-18(10-16)24(22(27)14-29-20)12-21(26)23-11-15-6-7-15/h1-5,8-10,15H,6-7,11-14H2,(H,23,26). The molecule has 0 saturated heterocycles. The highest BCUT2D eigenvalue weighted by Gasteiger charge is 2.29. The SMILES string of the molecule is O=C(CN1C(=O)COc2ccc(C(=O)COc3ccccc3)cc21)NCC1CC1. The fourth-order valence-electron chi connectivity index (χ4n) is 3.08. The molecule has 4 rings (SSSR count). The van der Waals surface area contributed by atoms with Gasteiger partial charge in [-0.3, -0.25) is 19.3 Å². The normalized spacial score (nSPS) is 15.3. The van der Waals surface area contributed by atoms with Crippen LogP contribution >= 0.6 is 0 Å². The molecule has 1 aliphatic carbocycles. The maximum absolute atomic E-state index is 12.6. The van der Waals surface area contributed by atoms with Gasteiger partial charge in [0.2, 0.25) is 5.91 Å². The van der Waals surface area contributed by atoms with Crippen LogP contribution in [0.5, 0.6) is 11.5 Å². The van der Waals surface area contributed by atoms with E-state index in [9.17, 15) is 14.4 Å². The van der Waals surface area contributed by atoms with E-state index in [1.54, 1.807) is 30.3 Å². The molecule has 7 nitrogen and oxygen atoms in total. The molecule has 150 valence electrons. The highest BCUT2D eigenvalue weighted by atomic mass is 16.5. The average Bonchev–Trinajstić information content (AvgIpc) is 3.57. The first kappa shape index (κ1) is 19.0. The summed E-state index contributed by atoms with van der Waals surface area (Å²) in [4.78, 5) is 38.5. The van der Waals surface area contributed by atoms with Crippen LogP contribution in [0.3, 0.4) is 0 Å². The van der Waals surface area contributed by atoms with Crippen LogP contribution < -0.4 is 19.7 Å². The minimum absolute atomic E-state index is 0.0972. The Labute approximate surface area is 168 Å². The maximum atomic E-state index is 12.6. The van der Waals surface area contributed by atoms with Gasteiger partial charge in [0.15, 0.2) is 19.0 Å². The van der Waals surface area contributed by atoms with Crippen molar-refractivity contribution in [3.8, 4) is 11.5 Å². The van der Waals surface area contributed by atoms with Crippen molar-refractivity contribution in [3.63, 3.8) is 0 Å². The Kier molecular flexibility index (Phi) is 5.46. The van der Waals surface area contributed by atoms with E-state index in [2.05, 4.69) is 5.32 Å². The molecule has 1 fully saturated rings. The molecule has 1 N–H and O–H groups in total. The van der Waals surface area contributed by atoms with Crippen LogP contribution in [0.4, 0.5) is 5.69 Å². The minimum Gasteiger partial charge on any atom is -0.485 e. The molecule has 1 heterocycles. The van der Waals surface area contributed by atoms with Crippen LogP contribution in [-0.4, -0.2) is 43.9 Å². The van der Waals surface area contributed by atoms with Crippen LogP contribution in [0.2, 0.25) is 0 Å². The zero-order valence-corrected chi connectivity index (χ0v) is 15.9. The lowest BCUT2D eigenvalue weighted by Crippen LogP contribution is -2.45. The number of rotatable bonds is 8. The Morgan fingerprint density at radius 1 is 1.14 bits per heavy atom. The number of carbonyl (C=O) groups excluding carboxylic acids is 3. The van der Waals surface area contributed by atoms with Gasteiger partial charge < -0.3 is 14.8 Å². The zero-order valence-electron chi connectivity index (χ0n) is 15.9. The minimum atomic E-state index is -0.316. The number of amides is 2. The second-order valence-corrected chi connectivity index (χ2v) is 7.22. The van der Waals surface area contributed by atoms with Gasteiger partial charge in [-0.25, -0.2) is 0 Å². The number of fused-ring (bicyclic) bond motifs is 1.